The van der Waals surface area contributed by atoms with Crippen molar-refractivity contribution >= 4 is 23.2 Å². The number of carbonyl (C=O) groups is 2. The quantitative estimate of drug-likeness (QED) is 0.631. The standard InChI is InChI=1S/C23H23NO4/c1-15(17-7-4-3-5-8-17)27-18-9-10-20-19(13-18)21(16(2)28-20)22(26)24-23(14-25)11-6-12-23/h3-5,7-10,13-15H,6,11-12H2,1-2H3,(H,24,26). The first-order valence-corrected chi connectivity index (χ1v) is 9.55. The van der Waals surface area contributed by atoms with Gasteiger partial charge in [0, 0.05) is 5.39 Å². The lowest BCUT2D eigenvalue weighted by Crippen LogP contribution is -2.54. The molecule has 1 unspecified atom stereocenters. The number of benzene rings is 2. The molecule has 0 radical (unpaired) electrons. The third kappa shape index (κ3) is 3.28. The lowest BCUT2D eigenvalue weighted by Gasteiger charge is -2.37. The average Bonchev–Trinajstić information content (AvgIpc) is 3.00. The van der Waals surface area contributed by atoms with E-state index in [1.807, 2.05) is 55.5 Å². The van der Waals surface area contributed by atoms with Crippen molar-refractivity contribution in [2.45, 2.75) is 44.8 Å². The Morgan fingerprint density at radius 2 is 1.96 bits per heavy atom. The highest BCUT2D eigenvalue weighted by molar-refractivity contribution is 6.08. The van der Waals surface area contributed by atoms with Crippen LogP contribution in [0.15, 0.2) is 52.9 Å². The normalized spacial score (nSPS) is 16.2. The van der Waals surface area contributed by atoms with Crippen molar-refractivity contribution in [2.24, 2.45) is 0 Å². The minimum atomic E-state index is -0.733. The summed E-state index contributed by atoms with van der Waals surface area (Å²) in [6, 6.07) is 15.4. The van der Waals surface area contributed by atoms with E-state index in [1.54, 1.807) is 6.92 Å². The van der Waals surface area contributed by atoms with Gasteiger partial charge in [-0.25, -0.2) is 0 Å². The Hall–Kier alpha value is -3.08. The Labute approximate surface area is 163 Å². The van der Waals surface area contributed by atoms with Crippen molar-refractivity contribution in [3.63, 3.8) is 0 Å². The van der Waals surface area contributed by atoms with Crippen molar-refractivity contribution in [2.75, 3.05) is 0 Å². The largest absolute Gasteiger partial charge is 0.486 e. The molecule has 0 bridgehead atoms. The van der Waals surface area contributed by atoms with Gasteiger partial charge in [-0.2, -0.15) is 0 Å². The first-order valence-electron chi connectivity index (χ1n) is 9.55. The van der Waals surface area contributed by atoms with Crippen LogP contribution in [0.3, 0.4) is 0 Å². The summed E-state index contributed by atoms with van der Waals surface area (Å²) in [6.45, 7) is 3.74. The highest BCUT2D eigenvalue weighted by Crippen LogP contribution is 2.34. The number of fused-ring (bicyclic) bond motifs is 1. The molecular weight excluding hydrogens is 354 g/mol. The highest BCUT2D eigenvalue weighted by atomic mass is 16.5. The van der Waals surface area contributed by atoms with Gasteiger partial charge >= 0.3 is 0 Å². The summed E-state index contributed by atoms with van der Waals surface area (Å²) in [5, 5.41) is 3.58. The SMILES string of the molecule is Cc1oc2ccc(OC(C)c3ccccc3)cc2c1C(=O)NC1(C=O)CCC1. The maximum absolute atomic E-state index is 12.9. The van der Waals surface area contributed by atoms with E-state index in [0.29, 0.717) is 40.9 Å². The molecule has 5 heteroatoms. The molecule has 4 rings (SSSR count). The number of aryl methyl sites for hydroxylation is 1. The molecule has 1 atom stereocenters. The average molecular weight is 377 g/mol. The first-order chi connectivity index (χ1) is 13.5. The van der Waals surface area contributed by atoms with Gasteiger partial charge in [0.15, 0.2) is 0 Å². The second-order valence-corrected chi connectivity index (χ2v) is 7.44. The summed E-state index contributed by atoms with van der Waals surface area (Å²) in [7, 11) is 0. The summed E-state index contributed by atoms with van der Waals surface area (Å²) in [5.74, 6) is 0.907. The van der Waals surface area contributed by atoms with Crippen LogP contribution in [-0.4, -0.2) is 17.7 Å². The number of ether oxygens (including phenoxy) is 1. The van der Waals surface area contributed by atoms with Crippen LogP contribution < -0.4 is 10.1 Å². The van der Waals surface area contributed by atoms with Gasteiger partial charge in [-0.05, 0) is 56.9 Å². The number of hydrogen-bond donors (Lipinski definition) is 1. The Bertz CT molecular complexity index is 1020. The van der Waals surface area contributed by atoms with Gasteiger partial charge in [0.1, 0.15) is 29.5 Å². The Morgan fingerprint density at radius 3 is 2.61 bits per heavy atom. The highest BCUT2D eigenvalue weighted by Gasteiger charge is 2.39. The van der Waals surface area contributed by atoms with Crippen LogP contribution in [0.4, 0.5) is 0 Å². The van der Waals surface area contributed by atoms with E-state index in [-0.39, 0.29) is 12.0 Å². The number of furan rings is 1. The predicted molar refractivity (Wildman–Crippen MR) is 107 cm³/mol. The molecular formula is C23H23NO4. The molecule has 0 aliphatic heterocycles. The third-order valence-electron chi connectivity index (χ3n) is 5.48. The minimum Gasteiger partial charge on any atom is -0.486 e. The zero-order valence-electron chi connectivity index (χ0n) is 16.0. The number of amides is 1. The fourth-order valence-corrected chi connectivity index (χ4v) is 3.67. The summed E-state index contributed by atoms with van der Waals surface area (Å²) in [4.78, 5) is 24.3. The van der Waals surface area contributed by atoms with Crippen LogP contribution in [0.25, 0.3) is 11.0 Å². The van der Waals surface area contributed by atoms with Crippen LogP contribution >= 0.6 is 0 Å². The van der Waals surface area contributed by atoms with Gasteiger partial charge in [-0.15, -0.1) is 0 Å². The van der Waals surface area contributed by atoms with Gasteiger partial charge in [0.25, 0.3) is 5.91 Å². The summed E-state index contributed by atoms with van der Waals surface area (Å²) in [5.41, 5.74) is 1.42. The fraction of sp³-hybridized carbons (Fsp3) is 0.304. The van der Waals surface area contributed by atoms with Crippen molar-refractivity contribution in [1.82, 2.24) is 5.32 Å². The molecule has 5 nitrogen and oxygen atoms in total. The smallest absolute Gasteiger partial charge is 0.256 e. The van der Waals surface area contributed by atoms with E-state index in [2.05, 4.69) is 5.32 Å². The molecule has 0 spiro atoms. The minimum absolute atomic E-state index is 0.128. The van der Waals surface area contributed by atoms with Gasteiger partial charge < -0.3 is 19.3 Å². The summed E-state index contributed by atoms with van der Waals surface area (Å²) >= 11 is 0. The molecule has 144 valence electrons. The second kappa shape index (κ2) is 7.15. The zero-order chi connectivity index (χ0) is 19.7. The molecule has 1 aromatic heterocycles. The maximum Gasteiger partial charge on any atom is 0.256 e. The van der Waals surface area contributed by atoms with E-state index in [0.717, 1.165) is 18.3 Å². The lowest BCUT2D eigenvalue weighted by atomic mass is 9.78. The van der Waals surface area contributed by atoms with Crippen LogP contribution in [0.5, 0.6) is 5.75 Å². The molecule has 1 heterocycles. The summed E-state index contributed by atoms with van der Waals surface area (Å²) < 4.78 is 11.8. The monoisotopic (exact) mass is 377 g/mol. The van der Waals surface area contributed by atoms with Crippen LogP contribution in [0.2, 0.25) is 0 Å². The molecule has 1 N–H and O–H groups in total. The van der Waals surface area contributed by atoms with E-state index < -0.39 is 5.54 Å². The topological polar surface area (TPSA) is 68.5 Å². The molecule has 1 fully saturated rings. The van der Waals surface area contributed by atoms with Crippen molar-refractivity contribution < 1.29 is 18.7 Å². The summed E-state index contributed by atoms with van der Waals surface area (Å²) in [6.07, 6.45) is 3.03. The lowest BCUT2D eigenvalue weighted by molar-refractivity contribution is -0.115. The van der Waals surface area contributed by atoms with Gasteiger partial charge in [0.05, 0.1) is 11.1 Å². The molecule has 3 aromatic rings. The van der Waals surface area contributed by atoms with E-state index in [9.17, 15) is 9.59 Å². The van der Waals surface area contributed by atoms with Gasteiger partial charge in [0.2, 0.25) is 0 Å². The third-order valence-corrected chi connectivity index (χ3v) is 5.48. The van der Waals surface area contributed by atoms with Crippen molar-refractivity contribution in [3.8, 4) is 5.75 Å². The van der Waals surface area contributed by atoms with E-state index in [4.69, 9.17) is 9.15 Å². The number of aldehydes is 1. The second-order valence-electron chi connectivity index (χ2n) is 7.44. The predicted octanol–water partition coefficient (Wildman–Crippen LogP) is 4.73. The molecule has 28 heavy (non-hydrogen) atoms. The Morgan fingerprint density at radius 1 is 1.21 bits per heavy atom. The molecule has 1 amide bonds. The fourth-order valence-electron chi connectivity index (χ4n) is 3.67. The van der Waals surface area contributed by atoms with Crippen LogP contribution in [0, 0.1) is 6.92 Å². The number of hydrogen-bond acceptors (Lipinski definition) is 4. The first kappa shape index (κ1) is 18.3. The Kier molecular flexibility index (Phi) is 4.67. The van der Waals surface area contributed by atoms with Gasteiger partial charge in [-0.3, -0.25) is 4.79 Å². The molecule has 1 aliphatic carbocycles. The van der Waals surface area contributed by atoms with Crippen molar-refractivity contribution in [3.05, 3.63) is 65.4 Å². The van der Waals surface area contributed by atoms with E-state index >= 15 is 0 Å². The molecule has 0 saturated heterocycles. The van der Waals surface area contributed by atoms with Crippen LogP contribution in [-0.2, 0) is 4.79 Å². The Balaban J connectivity index is 1.62. The number of rotatable bonds is 6. The van der Waals surface area contributed by atoms with Crippen LogP contribution in [0.1, 0.15) is 54.0 Å². The maximum atomic E-state index is 12.9. The molecule has 2 aromatic carbocycles. The number of carbonyl (C=O) groups excluding carboxylic acids is 2. The molecule has 1 aliphatic rings. The van der Waals surface area contributed by atoms with Gasteiger partial charge in [-0.1, -0.05) is 30.3 Å². The van der Waals surface area contributed by atoms with E-state index in [1.165, 1.54) is 0 Å². The molecule has 1 saturated carbocycles. The van der Waals surface area contributed by atoms with Crippen molar-refractivity contribution in [1.29, 1.82) is 0 Å². The number of nitrogens with one attached hydrogen (secondary N) is 1. The zero-order valence-corrected chi connectivity index (χ0v) is 16.0.